The fraction of sp³-hybridized carbons (Fsp3) is 0.379. The van der Waals surface area contributed by atoms with Crippen molar-refractivity contribution in [1.29, 1.82) is 0 Å². The quantitative estimate of drug-likeness (QED) is 0.256. The van der Waals surface area contributed by atoms with Crippen LogP contribution in [0.4, 0.5) is 23.7 Å². The second-order valence-corrected chi connectivity index (χ2v) is 9.08. The number of carbonyl (C=O) groups excluding carboxylic acids is 2. The Hall–Kier alpha value is -4.19. The number of benzene rings is 2. The summed E-state index contributed by atoms with van der Waals surface area (Å²) in [5, 5.41) is 2.33. The predicted molar refractivity (Wildman–Crippen MR) is 146 cm³/mol. The zero-order chi connectivity index (χ0) is 29.8. The Morgan fingerprint density at radius 1 is 0.927 bits per heavy atom. The monoisotopic (exact) mass is 577 g/mol. The summed E-state index contributed by atoms with van der Waals surface area (Å²) in [5.41, 5.74) is -0.487. The molecule has 9 nitrogen and oxygen atoms in total. The number of hydrogen-bond donors (Lipinski definition) is 1. The fourth-order valence-corrected chi connectivity index (χ4v) is 4.13. The molecule has 1 N–H and O–H groups in total. The fourth-order valence-electron chi connectivity index (χ4n) is 4.13. The van der Waals surface area contributed by atoms with Gasteiger partial charge in [-0.3, -0.25) is 4.79 Å². The van der Waals surface area contributed by atoms with Crippen molar-refractivity contribution in [2.75, 3.05) is 52.9 Å². The van der Waals surface area contributed by atoms with Gasteiger partial charge in [-0.05, 0) is 54.8 Å². The molecule has 0 aliphatic heterocycles. The molecular formula is C29H34F3N3O6. The molecule has 0 aliphatic carbocycles. The van der Waals surface area contributed by atoms with Gasteiger partial charge in [0.25, 0.3) is 0 Å². The molecular weight excluding hydrogens is 543 g/mol. The van der Waals surface area contributed by atoms with Gasteiger partial charge in [-0.25, -0.2) is 4.79 Å². The molecule has 1 heterocycles. The van der Waals surface area contributed by atoms with Gasteiger partial charge in [0, 0.05) is 26.8 Å². The summed E-state index contributed by atoms with van der Waals surface area (Å²) in [6, 6.07) is 12.7. The van der Waals surface area contributed by atoms with E-state index >= 15 is 0 Å². The molecule has 0 unspecified atom stereocenters. The molecule has 41 heavy (non-hydrogen) atoms. The Balaban J connectivity index is 1.79. The van der Waals surface area contributed by atoms with Crippen molar-refractivity contribution in [3.63, 3.8) is 0 Å². The van der Waals surface area contributed by atoms with E-state index in [2.05, 4.69) is 5.32 Å². The van der Waals surface area contributed by atoms with Crippen molar-refractivity contribution in [2.24, 2.45) is 0 Å². The third-order valence-electron chi connectivity index (χ3n) is 6.26. The van der Waals surface area contributed by atoms with Gasteiger partial charge in [0.2, 0.25) is 5.91 Å². The van der Waals surface area contributed by atoms with Crippen molar-refractivity contribution < 1.29 is 41.4 Å². The molecule has 0 atom stereocenters. The molecule has 3 amide bonds. The Morgan fingerprint density at radius 3 is 2.34 bits per heavy atom. The summed E-state index contributed by atoms with van der Waals surface area (Å²) in [7, 11) is 4.57. The summed E-state index contributed by atoms with van der Waals surface area (Å²) in [6.45, 7) is 0.440. The van der Waals surface area contributed by atoms with E-state index in [4.69, 9.17) is 18.6 Å². The molecule has 0 fully saturated rings. The van der Waals surface area contributed by atoms with Crippen LogP contribution in [0.1, 0.15) is 23.3 Å². The van der Waals surface area contributed by atoms with E-state index < -0.39 is 29.4 Å². The van der Waals surface area contributed by atoms with Crippen LogP contribution in [-0.2, 0) is 28.7 Å². The highest BCUT2D eigenvalue weighted by molar-refractivity contribution is 5.93. The van der Waals surface area contributed by atoms with Gasteiger partial charge < -0.3 is 33.7 Å². The van der Waals surface area contributed by atoms with E-state index in [9.17, 15) is 22.8 Å². The molecule has 0 saturated heterocycles. The van der Waals surface area contributed by atoms with Gasteiger partial charge in [0.15, 0.2) is 11.5 Å². The van der Waals surface area contributed by atoms with Gasteiger partial charge in [-0.1, -0.05) is 18.2 Å². The number of methoxy groups -OCH3 is 3. The van der Waals surface area contributed by atoms with E-state index in [0.29, 0.717) is 36.7 Å². The smallest absolute Gasteiger partial charge is 0.418 e. The maximum absolute atomic E-state index is 13.5. The van der Waals surface area contributed by atoms with Crippen molar-refractivity contribution in [1.82, 2.24) is 9.80 Å². The van der Waals surface area contributed by atoms with Crippen LogP contribution in [0.5, 0.6) is 11.5 Å². The first-order valence-electron chi connectivity index (χ1n) is 12.9. The average Bonchev–Trinajstić information content (AvgIpc) is 3.47. The van der Waals surface area contributed by atoms with Gasteiger partial charge in [-0.15, -0.1) is 0 Å². The minimum atomic E-state index is -4.66. The molecule has 0 aliphatic rings. The maximum atomic E-state index is 13.5. The van der Waals surface area contributed by atoms with Crippen LogP contribution < -0.4 is 14.8 Å². The van der Waals surface area contributed by atoms with E-state index in [1.165, 1.54) is 55.6 Å². The highest BCUT2D eigenvalue weighted by Crippen LogP contribution is 2.34. The SMILES string of the molecule is COCCCN(CC(=O)N(CCc1ccc(OC)c(OC)c1)Cc1ccco1)C(=O)Nc1ccccc1C(F)(F)F. The van der Waals surface area contributed by atoms with Crippen LogP contribution in [-0.4, -0.2) is 69.3 Å². The first-order valence-corrected chi connectivity index (χ1v) is 12.9. The Bertz CT molecular complexity index is 1270. The number of nitrogens with zero attached hydrogens (tertiary/aromatic N) is 2. The van der Waals surface area contributed by atoms with E-state index in [1.807, 2.05) is 12.1 Å². The van der Waals surface area contributed by atoms with E-state index in [1.54, 1.807) is 18.2 Å². The molecule has 3 rings (SSSR count). The van der Waals surface area contributed by atoms with Gasteiger partial charge in [0.05, 0.1) is 38.3 Å². The Kier molecular flexibility index (Phi) is 11.5. The number of amides is 3. The van der Waals surface area contributed by atoms with Gasteiger partial charge in [-0.2, -0.15) is 13.2 Å². The highest BCUT2D eigenvalue weighted by atomic mass is 19.4. The number of para-hydroxylation sites is 1. The molecule has 3 aromatic rings. The molecule has 222 valence electrons. The summed E-state index contributed by atoms with van der Waals surface area (Å²) >= 11 is 0. The summed E-state index contributed by atoms with van der Waals surface area (Å²) in [5.74, 6) is 1.26. The summed E-state index contributed by atoms with van der Waals surface area (Å²) in [4.78, 5) is 29.4. The number of furan rings is 1. The van der Waals surface area contributed by atoms with Crippen LogP contribution in [0, 0.1) is 0 Å². The number of anilines is 1. The number of carbonyl (C=O) groups is 2. The lowest BCUT2D eigenvalue weighted by atomic mass is 10.1. The first kappa shape index (κ1) is 31.3. The molecule has 12 heteroatoms. The van der Waals surface area contributed by atoms with Crippen molar-refractivity contribution >= 4 is 17.6 Å². The van der Waals surface area contributed by atoms with Crippen LogP contribution >= 0.6 is 0 Å². The summed E-state index contributed by atoms with van der Waals surface area (Å²) < 4.78 is 61.6. The molecule has 1 aromatic heterocycles. The minimum Gasteiger partial charge on any atom is -0.493 e. The molecule has 0 spiro atoms. The number of rotatable bonds is 14. The molecule has 2 aromatic carbocycles. The number of nitrogens with one attached hydrogen (secondary N) is 1. The van der Waals surface area contributed by atoms with Gasteiger partial charge >= 0.3 is 12.2 Å². The number of hydrogen-bond acceptors (Lipinski definition) is 6. The topological polar surface area (TPSA) is 93.5 Å². The van der Waals surface area contributed by atoms with E-state index in [0.717, 1.165) is 11.6 Å². The molecule has 0 radical (unpaired) electrons. The first-order chi connectivity index (χ1) is 19.7. The third kappa shape index (κ3) is 9.17. The maximum Gasteiger partial charge on any atom is 0.418 e. The lowest BCUT2D eigenvalue weighted by Crippen LogP contribution is -2.45. The minimum absolute atomic E-state index is 0.0872. The van der Waals surface area contributed by atoms with Crippen LogP contribution in [0.2, 0.25) is 0 Å². The lowest BCUT2D eigenvalue weighted by Gasteiger charge is -2.28. The number of urea groups is 1. The van der Waals surface area contributed by atoms with Crippen LogP contribution in [0.25, 0.3) is 0 Å². The summed E-state index contributed by atoms with van der Waals surface area (Å²) in [6.07, 6.45) is -2.33. The molecule has 0 bridgehead atoms. The number of alkyl halides is 3. The number of ether oxygens (including phenoxy) is 3. The van der Waals surface area contributed by atoms with Crippen molar-refractivity contribution in [3.8, 4) is 11.5 Å². The third-order valence-corrected chi connectivity index (χ3v) is 6.26. The van der Waals surface area contributed by atoms with E-state index in [-0.39, 0.29) is 26.2 Å². The predicted octanol–water partition coefficient (Wildman–Crippen LogP) is 5.46. The van der Waals surface area contributed by atoms with Gasteiger partial charge in [0.1, 0.15) is 12.3 Å². The zero-order valence-electron chi connectivity index (χ0n) is 23.2. The Labute approximate surface area is 236 Å². The highest BCUT2D eigenvalue weighted by Gasteiger charge is 2.34. The average molecular weight is 578 g/mol. The second-order valence-electron chi connectivity index (χ2n) is 9.08. The number of halogens is 3. The zero-order valence-corrected chi connectivity index (χ0v) is 23.2. The largest absolute Gasteiger partial charge is 0.493 e. The normalized spacial score (nSPS) is 11.2. The van der Waals surface area contributed by atoms with Crippen molar-refractivity contribution in [3.05, 3.63) is 77.7 Å². The second kappa shape index (κ2) is 15.0. The van der Waals surface area contributed by atoms with Crippen molar-refractivity contribution in [2.45, 2.75) is 25.6 Å². The Morgan fingerprint density at radius 2 is 1.68 bits per heavy atom. The van der Waals surface area contributed by atoms with Crippen LogP contribution in [0.3, 0.4) is 0 Å². The standard InChI is InChI=1S/C29H34F3N3O6/c1-38-16-7-14-35(28(37)33-24-10-5-4-9-23(24)29(30,31)32)20-27(36)34(19-22-8-6-17-41-22)15-13-21-11-12-25(39-2)26(18-21)40-3/h4-6,8-12,17-18H,7,13-16,19-20H2,1-3H3,(H,33,37). The lowest BCUT2D eigenvalue weighted by molar-refractivity contribution is -0.137. The molecule has 0 saturated carbocycles. The van der Waals surface area contributed by atoms with Crippen LogP contribution in [0.15, 0.2) is 65.3 Å².